The lowest BCUT2D eigenvalue weighted by Gasteiger charge is -2.47. The summed E-state index contributed by atoms with van der Waals surface area (Å²) < 4.78 is 7.25. The Morgan fingerprint density at radius 2 is 2.05 bits per heavy atom. The van der Waals surface area contributed by atoms with Gasteiger partial charge >= 0.3 is 0 Å². The molecule has 2 N–H and O–H groups in total. The van der Waals surface area contributed by atoms with Crippen molar-refractivity contribution in [2.75, 3.05) is 26.3 Å². The van der Waals surface area contributed by atoms with E-state index in [9.17, 15) is 0 Å². The largest absolute Gasteiger partial charge is 0.379 e. The van der Waals surface area contributed by atoms with E-state index in [0.717, 1.165) is 38.4 Å². The molecular weight excluding hydrogens is 254 g/mol. The predicted octanol–water partition coefficient (Wildman–Crippen LogP) is 0.330. The summed E-state index contributed by atoms with van der Waals surface area (Å²) in [7, 11) is 1.90. The first-order chi connectivity index (χ1) is 9.71. The van der Waals surface area contributed by atoms with Gasteiger partial charge in [0.1, 0.15) is 0 Å². The average Bonchev–Trinajstić information content (AvgIpc) is 3.10. The minimum atomic E-state index is 0.125. The van der Waals surface area contributed by atoms with Crippen LogP contribution >= 0.6 is 0 Å². The van der Waals surface area contributed by atoms with E-state index in [2.05, 4.69) is 15.2 Å². The molecule has 2 aliphatic rings. The van der Waals surface area contributed by atoms with Crippen molar-refractivity contribution < 1.29 is 4.74 Å². The van der Waals surface area contributed by atoms with Crippen molar-refractivity contribution in [3.8, 4) is 0 Å². The zero-order valence-corrected chi connectivity index (χ0v) is 12.3. The Morgan fingerprint density at radius 3 is 2.65 bits per heavy atom. The van der Waals surface area contributed by atoms with Crippen molar-refractivity contribution in [2.24, 2.45) is 12.8 Å². The lowest BCUT2D eigenvalue weighted by Crippen LogP contribution is -2.61. The highest BCUT2D eigenvalue weighted by atomic mass is 16.5. The van der Waals surface area contributed by atoms with E-state index in [0.29, 0.717) is 0 Å². The molecular formula is C14H25N5O. The molecule has 2 heterocycles. The van der Waals surface area contributed by atoms with Crippen LogP contribution in [-0.4, -0.2) is 57.8 Å². The highest BCUT2D eigenvalue weighted by Crippen LogP contribution is 2.38. The number of nitrogens with zero attached hydrogens (tertiary/aromatic N) is 4. The second kappa shape index (κ2) is 5.79. The number of hydrogen-bond donors (Lipinski definition) is 1. The molecule has 3 rings (SSSR count). The molecule has 1 aliphatic carbocycles. The molecule has 1 aliphatic heterocycles. The normalized spacial score (nSPS) is 24.9. The lowest BCUT2D eigenvalue weighted by atomic mass is 9.83. The van der Waals surface area contributed by atoms with Gasteiger partial charge in [-0.3, -0.25) is 9.58 Å². The molecule has 1 saturated heterocycles. The van der Waals surface area contributed by atoms with Crippen LogP contribution in [-0.2, 0) is 18.2 Å². The van der Waals surface area contributed by atoms with Crippen LogP contribution in [0.25, 0.3) is 0 Å². The maximum absolute atomic E-state index is 6.63. The number of ether oxygens (including phenoxy) is 1. The van der Waals surface area contributed by atoms with Gasteiger partial charge < -0.3 is 10.5 Å². The second-order valence-electron chi connectivity index (χ2n) is 6.10. The Bertz CT molecular complexity index is 435. The topological polar surface area (TPSA) is 69.2 Å². The summed E-state index contributed by atoms with van der Waals surface area (Å²) in [5, 5.41) is 8.20. The van der Waals surface area contributed by atoms with Gasteiger partial charge in [0.05, 0.1) is 18.9 Å². The van der Waals surface area contributed by atoms with Crippen LogP contribution in [0, 0.1) is 0 Å². The van der Waals surface area contributed by atoms with E-state index >= 15 is 0 Å². The third kappa shape index (κ3) is 2.60. The Hall–Kier alpha value is -0.980. The summed E-state index contributed by atoms with van der Waals surface area (Å²) >= 11 is 0. The zero-order valence-electron chi connectivity index (χ0n) is 12.3. The standard InChI is InChI=1S/C14H25N5O/c1-18-11-12(16-17-18)10-13(15)14(4-2-3-5-14)19-6-8-20-9-7-19/h11,13H,2-10,15H2,1H3. The molecule has 0 radical (unpaired) electrons. The van der Waals surface area contributed by atoms with Crippen LogP contribution in [0.5, 0.6) is 0 Å². The first-order valence-corrected chi connectivity index (χ1v) is 7.64. The molecule has 6 heteroatoms. The minimum Gasteiger partial charge on any atom is -0.379 e. The third-order valence-corrected chi connectivity index (χ3v) is 4.88. The van der Waals surface area contributed by atoms with E-state index in [1.54, 1.807) is 4.68 Å². The minimum absolute atomic E-state index is 0.125. The van der Waals surface area contributed by atoms with Gasteiger partial charge in [0.2, 0.25) is 0 Å². The molecule has 1 saturated carbocycles. The van der Waals surface area contributed by atoms with Gasteiger partial charge in [-0.1, -0.05) is 18.1 Å². The van der Waals surface area contributed by atoms with Crippen molar-refractivity contribution in [1.29, 1.82) is 0 Å². The second-order valence-corrected chi connectivity index (χ2v) is 6.10. The van der Waals surface area contributed by atoms with Crippen LogP contribution < -0.4 is 5.73 Å². The number of aromatic nitrogens is 3. The summed E-state index contributed by atoms with van der Waals surface area (Å²) in [4.78, 5) is 2.57. The van der Waals surface area contributed by atoms with E-state index in [1.807, 2.05) is 13.2 Å². The molecule has 0 amide bonds. The fourth-order valence-corrected chi connectivity index (χ4v) is 3.82. The number of morpholine rings is 1. The first-order valence-electron chi connectivity index (χ1n) is 7.64. The molecule has 1 aromatic rings. The highest BCUT2D eigenvalue weighted by Gasteiger charge is 2.44. The number of rotatable bonds is 4. The molecule has 1 unspecified atom stereocenters. The molecule has 1 aromatic heterocycles. The van der Waals surface area contributed by atoms with Crippen molar-refractivity contribution in [3.05, 3.63) is 11.9 Å². The summed E-state index contributed by atoms with van der Waals surface area (Å²) in [5.41, 5.74) is 7.77. The Balaban J connectivity index is 1.75. The lowest BCUT2D eigenvalue weighted by molar-refractivity contribution is -0.0306. The first kappa shape index (κ1) is 14.0. The van der Waals surface area contributed by atoms with E-state index < -0.39 is 0 Å². The van der Waals surface area contributed by atoms with Crippen LogP contribution in [0.15, 0.2) is 6.20 Å². The van der Waals surface area contributed by atoms with Crippen LogP contribution in [0.4, 0.5) is 0 Å². The molecule has 1 atom stereocenters. The summed E-state index contributed by atoms with van der Waals surface area (Å²) in [6.07, 6.45) is 7.76. The zero-order chi connectivity index (χ0) is 14.0. The summed E-state index contributed by atoms with van der Waals surface area (Å²) in [6, 6.07) is 0.125. The Labute approximate surface area is 120 Å². The van der Waals surface area contributed by atoms with E-state index in [1.165, 1.54) is 25.7 Å². The number of hydrogen-bond acceptors (Lipinski definition) is 5. The van der Waals surface area contributed by atoms with Gasteiger partial charge in [0.25, 0.3) is 0 Å². The van der Waals surface area contributed by atoms with Crippen molar-refractivity contribution in [2.45, 2.75) is 43.7 Å². The van der Waals surface area contributed by atoms with Gasteiger partial charge in [0, 0.05) is 44.3 Å². The maximum Gasteiger partial charge on any atom is 0.0843 e. The number of aryl methyl sites for hydroxylation is 1. The monoisotopic (exact) mass is 279 g/mol. The van der Waals surface area contributed by atoms with Crippen LogP contribution in [0.1, 0.15) is 31.4 Å². The molecule has 20 heavy (non-hydrogen) atoms. The molecule has 112 valence electrons. The van der Waals surface area contributed by atoms with Crippen molar-refractivity contribution in [3.63, 3.8) is 0 Å². The quantitative estimate of drug-likeness (QED) is 0.860. The predicted molar refractivity (Wildman–Crippen MR) is 76.3 cm³/mol. The van der Waals surface area contributed by atoms with Crippen LogP contribution in [0.3, 0.4) is 0 Å². The molecule has 6 nitrogen and oxygen atoms in total. The molecule has 2 fully saturated rings. The average molecular weight is 279 g/mol. The number of nitrogens with two attached hydrogens (primary N) is 1. The van der Waals surface area contributed by atoms with Gasteiger partial charge in [-0.15, -0.1) is 5.10 Å². The van der Waals surface area contributed by atoms with Crippen LogP contribution in [0.2, 0.25) is 0 Å². The molecule has 0 bridgehead atoms. The van der Waals surface area contributed by atoms with Gasteiger partial charge in [-0.05, 0) is 12.8 Å². The van der Waals surface area contributed by atoms with Gasteiger partial charge in [0.15, 0.2) is 0 Å². The van der Waals surface area contributed by atoms with E-state index in [-0.39, 0.29) is 11.6 Å². The fourth-order valence-electron chi connectivity index (χ4n) is 3.82. The van der Waals surface area contributed by atoms with Crippen molar-refractivity contribution >= 4 is 0 Å². The molecule has 0 aromatic carbocycles. The summed E-state index contributed by atoms with van der Waals surface area (Å²) in [6.45, 7) is 3.68. The fraction of sp³-hybridized carbons (Fsp3) is 0.857. The molecule has 0 spiro atoms. The maximum atomic E-state index is 6.63. The van der Waals surface area contributed by atoms with Crippen molar-refractivity contribution in [1.82, 2.24) is 19.9 Å². The smallest absolute Gasteiger partial charge is 0.0843 e. The highest BCUT2D eigenvalue weighted by molar-refractivity contribution is 5.08. The summed E-state index contributed by atoms with van der Waals surface area (Å²) in [5.74, 6) is 0. The van der Waals surface area contributed by atoms with E-state index in [4.69, 9.17) is 10.5 Å². The Morgan fingerprint density at radius 1 is 1.35 bits per heavy atom. The van der Waals surface area contributed by atoms with Gasteiger partial charge in [-0.25, -0.2) is 0 Å². The van der Waals surface area contributed by atoms with Gasteiger partial charge in [-0.2, -0.15) is 0 Å². The SMILES string of the molecule is Cn1cc(CC(N)C2(N3CCOCC3)CCCC2)nn1. The third-order valence-electron chi connectivity index (χ3n) is 4.88. The Kier molecular flexibility index (Phi) is 4.05.